The Bertz CT molecular complexity index is 2630. The minimum absolute atomic E-state index is 0.170. The molecule has 0 atom stereocenters. The molecule has 3 nitrogen and oxygen atoms in total. The van der Waals surface area contributed by atoms with Gasteiger partial charge in [-0.3, -0.25) is 0 Å². The summed E-state index contributed by atoms with van der Waals surface area (Å²) in [5.74, 6) is 1.10. The van der Waals surface area contributed by atoms with E-state index in [0.29, 0.717) is 11.6 Å². The molecule has 2 heterocycles. The van der Waals surface area contributed by atoms with E-state index in [1.807, 2.05) is 12.1 Å². The quantitative estimate of drug-likeness (QED) is 0.186. The number of hydrogen-bond acceptors (Lipinski definition) is 4. The van der Waals surface area contributed by atoms with E-state index < -0.39 is 0 Å². The van der Waals surface area contributed by atoms with Gasteiger partial charge in [-0.25, -0.2) is 4.98 Å². The van der Waals surface area contributed by atoms with Crippen molar-refractivity contribution in [2.24, 2.45) is 0 Å². The fourth-order valence-corrected chi connectivity index (χ4v) is 7.76. The number of fused-ring (bicyclic) bond motifs is 4. The molecule has 0 bridgehead atoms. The minimum Gasteiger partial charge on any atom is -0.208 e. The second-order valence-corrected chi connectivity index (χ2v) is 13.3. The molecule has 0 saturated carbocycles. The average Bonchev–Trinajstić information content (AvgIpc) is 3.53. The average molecular weight is 652 g/mol. The van der Waals surface area contributed by atoms with E-state index in [4.69, 9.17) is 16.6 Å². The zero-order valence-corrected chi connectivity index (χ0v) is 27.2. The number of thiophene rings is 1. The van der Waals surface area contributed by atoms with Gasteiger partial charge in [-0.2, -0.15) is 9.97 Å². The molecule has 226 valence electrons. The second-order valence-electron chi connectivity index (χ2n) is 11.8. The van der Waals surface area contributed by atoms with Crippen LogP contribution in [0.15, 0.2) is 158 Å². The zero-order chi connectivity index (χ0) is 32.0. The van der Waals surface area contributed by atoms with Crippen LogP contribution >= 0.6 is 22.9 Å². The van der Waals surface area contributed by atoms with Gasteiger partial charge in [-0.05, 0) is 104 Å². The molecule has 0 fully saturated rings. The smallest absolute Gasteiger partial charge is 0.208 e. The van der Waals surface area contributed by atoms with E-state index in [1.165, 1.54) is 53.2 Å². The van der Waals surface area contributed by atoms with E-state index in [9.17, 15) is 0 Å². The Kier molecular flexibility index (Phi) is 7.04. The highest BCUT2D eigenvalue weighted by Crippen LogP contribution is 2.38. The number of halogens is 1. The van der Waals surface area contributed by atoms with Gasteiger partial charge in [0.15, 0.2) is 11.6 Å². The topological polar surface area (TPSA) is 38.7 Å². The molecule has 0 saturated heterocycles. The van der Waals surface area contributed by atoms with E-state index in [2.05, 4.69) is 156 Å². The predicted molar refractivity (Wildman–Crippen MR) is 202 cm³/mol. The van der Waals surface area contributed by atoms with Crippen LogP contribution in [0, 0.1) is 0 Å². The molecule has 5 heteroatoms. The lowest BCUT2D eigenvalue weighted by Crippen LogP contribution is -1.97. The van der Waals surface area contributed by atoms with Crippen LogP contribution in [0.3, 0.4) is 0 Å². The highest BCUT2D eigenvalue weighted by Gasteiger charge is 2.14. The zero-order valence-electron chi connectivity index (χ0n) is 25.6. The van der Waals surface area contributed by atoms with Gasteiger partial charge in [0.05, 0.1) is 0 Å². The summed E-state index contributed by atoms with van der Waals surface area (Å²) in [5.41, 5.74) is 8.77. The minimum atomic E-state index is 0.170. The van der Waals surface area contributed by atoms with E-state index >= 15 is 0 Å². The Hall–Kier alpha value is -5.68. The van der Waals surface area contributed by atoms with Crippen molar-refractivity contribution in [1.82, 2.24) is 15.0 Å². The van der Waals surface area contributed by atoms with Crippen LogP contribution in [-0.2, 0) is 0 Å². The summed E-state index contributed by atoms with van der Waals surface area (Å²) < 4.78 is 2.49. The molecule has 0 N–H and O–H groups in total. The van der Waals surface area contributed by atoms with Crippen molar-refractivity contribution in [2.75, 3.05) is 0 Å². The van der Waals surface area contributed by atoms with Gasteiger partial charge < -0.3 is 0 Å². The molecule has 0 unspecified atom stereocenters. The Labute approximate surface area is 286 Å². The first-order valence-electron chi connectivity index (χ1n) is 15.8. The third kappa shape index (κ3) is 5.22. The third-order valence-corrected chi connectivity index (χ3v) is 10.2. The van der Waals surface area contributed by atoms with Crippen molar-refractivity contribution in [1.29, 1.82) is 0 Å². The monoisotopic (exact) mass is 651 g/mol. The van der Waals surface area contributed by atoms with Crippen molar-refractivity contribution in [3.63, 3.8) is 0 Å². The Morgan fingerprint density at radius 3 is 1.79 bits per heavy atom. The summed E-state index contributed by atoms with van der Waals surface area (Å²) in [4.78, 5) is 14.0. The van der Waals surface area contributed by atoms with Crippen LogP contribution in [0.5, 0.6) is 0 Å². The molecular formula is C43H26ClN3S. The lowest BCUT2D eigenvalue weighted by atomic mass is 9.91. The lowest BCUT2D eigenvalue weighted by Gasteiger charge is -2.13. The van der Waals surface area contributed by atoms with Gasteiger partial charge in [0.2, 0.25) is 5.28 Å². The van der Waals surface area contributed by atoms with Gasteiger partial charge in [-0.1, -0.05) is 109 Å². The molecule has 2 aromatic heterocycles. The van der Waals surface area contributed by atoms with E-state index in [1.54, 1.807) is 11.3 Å². The van der Waals surface area contributed by atoms with Crippen LogP contribution in [0.1, 0.15) is 0 Å². The number of hydrogen-bond donors (Lipinski definition) is 0. The lowest BCUT2D eigenvalue weighted by molar-refractivity contribution is 1.07. The van der Waals surface area contributed by atoms with Crippen LogP contribution in [0.2, 0.25) is 5.28 Å². The van der Waals surface area contributed by atoms with E-state index in [0.717, 1.165) is 22.3 Å². The molecular weight excluding hydrogens is 626 g/mol. The number of aromatic nitrogens is 3. The van der Waals surface area contributed by atoms with Gasteiger partial charge >= 0.3 is 0 Å². The highest BCUT2D eigenvalue weighted by atomic mass is 35.5. The largest absolute Gasteiger partial charge is 0.226 e. The molecule has 0 radical (unpaired) electrons. The summed E-state index contributed by atoms with van der Waals surface area (Å²) in [6.45, 7) is 0. The summed E-state index contributed by atoms with van der Waals surface area (Å²) >= 11 is 8.32. The van der Waals surface area contributed by atoms with Crippen molar-refractivity contribution in [2.45, 2.75) is 0 Å². The first-order valence-corrected chi connectivity index (χ1v) is 17.0. The third-order valence-electron chi connectivity index (χ3n) is 8.84. The summed E-state index contributed by atoms with van der Waals surface area (Å²) in [7, 11) is 0. The molecule has 48 heavy (non-hydrogen) atoms. The fourth-order valence-electron chi connectivity index (χ4n) is 6.51. The van der Waals surface area contributed by atoms with Crippen LogP contribution in [0.4, 0.5) is 0 Å². The standard InChI is InChI=1S/C43H26ClN3S/c44-43-46-41(45-42(47-43)32-19-21-40-38(25-32)36-16-7-8-17-39(36)48-40)31-15-9-14-29(22-31)30-18-20-35-34(23-30)24-33(27-10-3-1-4-11-27)26-37(35)28-12-5-2-6-13-28/h1-26H. The SMILES string of the molecule is Clc1nc(-c2cccc(-c3ccc4c(-c5ccccc5)cc(-c5ccccc5)cc4c3)c2)nc(-c2ccc3sc4ccccc4c3c2)n1. The Morgan fingerprint density at radius 2 is 0.979 bits per heavy atom. The number of nitrogens with zero attached hydrogens (tertiary/aromatic N) is 3. The van der Waals surface area contributed by atoms with Crippen molar-refractivity contribution in [3.05, 3.63) is 163 Å². The Balaban J connectivity index is 1.13. The van der Waals surface area contributed by atoms with Gasteiger partial charge in [0.25, 0.3) is 0 Å². The fraction of sp³-hybridized carbons (Fsp3) is 0. The van der Waals surface area contributed by atoms with Gasteiger partial charge in [-0.15, -0.1) is 11.3 Å². The van der Waals surface area contributed by atoms with Crippen molar-refractivity contribution < 1.29 is 0 Å². The first-order chi connectivity index (χ1) is 23.7. The highest BCUT2D eigenvalue weighted by molar-refractivity contribution is 7.25. The van der Waals surface area contributed by atoms with Crippen molar-refractivity contribution in [3.8, 4) is 56.2 Å². The molecule has 9 aromatic rings. The number of benzene rings is 7. The molecule has 0 spiro atoms. The van der Waals surface area contributed by atoms with Gasteiger partial charge in [0.1, 0.15) is 0 Å². The number of rotatable bonds is 5. The first kappa shape index (κ1) is 28.5. The molecule has 0 amide bonds. The second kappa shape index (κ2) is 11.8. The summed E-state index contributed by atoms with van der Waals surface area (Å²) in [6.07, 6.45) is 0. The predicted octanol–water partition coefficient (Wildman–Crippen LogP) is 12.4. The molecule has 0 aliphatic rings. The van der Waals surface area contributed by atoms with Crippen LogP contribution < -0.4 is 0 Å². The molecule has 7 aromatic carbocycles. The molecule has 0 aliphatic carbocycles. The normalized spacial score (nSPS) is 11.4. The molecule has 9 rings (SSSR count). The Morgan fingerprint density at radius 1 is 0.375 bits per heavy atom. The van der Waals surface area contributed by atoms with Crippen LogP contribution in [-0.4, -0.2) is 15.0 Å². The van der Waals surface area contributed by atoms with Crippen molar-refractivity contribution >= 4 is 53.9 Å². The van der Waals surface area contributed by atoms with Gasteiger partial charge in [0, 0.05) is 31.3 Å². The maximum atomic E-state index is 6.53. The van der Waals surface area contributed by atoms with Crippen LogP contribution in [0.25, 0.3) is 87.1 Å². The maximum absolute atomic E-state index is 6.53. The van der Waals surface area contributed by atoms with E-state index in [-0.39, 0.29) is 5.28 Å². The molecule has 0 aliphatic heterocycles. The summed E-state index contributed by atoms with van der Waals surface area (Å²) in [5, 5.41) is 4.98. The summed E-state index contributed by atoms with van der Waals surface area (Å²) in [6, 6.07) is 55.6. The maximum Gasteiger partial charge on any atom is 0.226 e.